The second-order valence-corrected chi connectivity index (χ2v) is 5.77. The van der Waals surface area contributed by atoms with Crippen LogP contribution in [-0.2, 0) is 0 Å². The number of halogens is 1. The summed E-state index contributed by atoms with van der Waals surface area (Å²) in [4.78, 5) is 4.59. The van der Waals surface area contributed by atoms with Gasteiger partial charge < -0.3 is 11.1 Å². The number of anilines is 1. The molecule has 4 heteroatoms. The number of aliphatic imine (C=N–C) groups is 1. The van der Waals surface area contributed by atoms with Gasteiger partial charge in [-0.15, -0.1) is 24.0 Å². The minimum absolute atomic E-state index is 0. The minimum atomic E-state index is 0. The summed E-state index contributed by atoms with van der Waals surface area (Å²) in [5, 5.41) is 3.15. The van der Waals surface area contributed by atoms with E-state index in [9.17, 15) is 0 Å². The minimum Gasteiger partial charge on any atom is -0.370 e. The molecule has 0 heterocycles. The van der Waals surface area contributed by atoms with Crippen molar-refractivity contribution in [3.05, 3.63) is 65.2 Å². The average molecular weight is 407 g/mol. The molecule has 22 heavy (non-hydrogen) atoms. The SMILES string of the molecule is Cc1ccc(NC(N)=NC2CC2c2ccccc2C)cc1.I. The van der Waals surface area contributed by atoms with Gasteiger partial charge in [-0.2, -0.15) is 0 Å². The van der Waals surface area contributed by atoms with Crippen molar-refractivity contribution in [3.63, 3.8) is 0 Å². The van der Waals surface area contributed by atoms with Crippen LogP contribution in [-0.4, -0.2) is 12.0 Å². The number of hydrogen-bond donors (Lipinski definition) is 2. The molecular weight excluding hydrogens is 385 g/mol. The van der Waals surface area contributed by atoms with Crippen molar-refractivity contribution in [2.45, 2.75) is 32.2 Å². The number of nitrogens with two attached hydrogens (primary N) is 1. The average Bonchev–Trinajstić information content (AvgIpc) is 3.21. The van der Waals surface area contributed by atoms with E-state index in [1.54, 1.807) is 0 Å². The topological polar surface area (TPSA) is 50.4 Å². The molecule has 3 rings (SSSR count). The number of aryl methyl sites for hydroxylation is 2. The Hall–Kier alpha value is -1.56. The number of hydrogen-bond acceptors (Lipinski definition) is 1. The molecule has 2 unspecified atom stereocenters. The highest BCUT2D eigenvalue weighted by molar-refractivity contribution is 14.0. The first-order valence-corrected chi connectivity index (χ1v) is 7.36. The van der Waals surface area contributed by atoms with E-state index in [0.29, 0.717) is 17.9 Å². The first-order valence-electron chi connectivity index (χ1n) is 7.36. The zero-order chi connectivity index (χ0) is 14.8. The summed E-state index contributed by atoms with van der Waals surface area (Å²) in [6.07, 6.45) is 1.08. The van der Waals surface area contributed by atoms with Crippen LogP contribution in [0.1, 0.15) is 29.0 Å². The van der Waals surface area contributed by atoms with Gasteiger partial charge in [-0.1, -0.05) is 42.0 Å². The van der Waals surface area contributed by atoms with E-state index in [0.717, 1.165) is 12.1 Å². The molecule has 1 aliphatic rings. The third kappa shape index (κ3) is 4.00. The molecule has 0 aliphatic heterocycles. The lowest BCUT2D eigenvalue weighted by molar-refractivity contribution is 0.975. The van der Waals surface area contributed by atoms with Crippen molar-refractivity contribution in [1.29, 1.82) is 0 Å². The number of benzene rings is 2. The van der Waals surface area contributed by atoms with E-state index in [1.165, 1.54) is 16.7 Å². The van der Waals surface area contributed by atoms with Gasteiger partial charge in [-0.05, 0) is 43.5 Å². The molecule has 2 aromatic rings. The fourth-order valence-corrected chi connectivity index (χ4v) is 2.66. The third-order valence-electron chi connectivity index (χ3n) is 3.97. The predicted molar refractivity (Wildman–Crippen MR) is 104 cm³/mol. The van der Waals surface area contributed by atoms with Crippen LogP contribution in [0.25, 0.3) is 0 Å². The normalized spacial score (nSPS) is 20.2. The highest BCUT2D eigenvalue weighted by atomic mass is 127. The Morgan fingerprint density at radius 1 is 1.09 bits per heavy atom. The molecule has 0 radical (unpaired) electrons. The van der Waals surface area contributed by atoms with Crippen LogP contribution in [0, 0.1) is 13.8 Å². The lowest BCUT2D eigenvalue weighted by Gasteiger charge is -2.06. The van der Waals surface area contributed by atoms with Crippen LogP contribution in [0.3, 0.4) is 0 Å². The highest BCUT2D eigenvalue weighted by Crippen LogP contribution is 2.44. The van der Waals surface area contributed by atoms with Gasteiger partial charge in [0.15, 0.2) is 5.96 Å². The third-order valence-corrected chi connectivity index (χ3v) is 3.97. The Morgan fingerprint density at radius 2 is 1.77 bits per heavy atom. The van der Waals surface area contributed by atoms with Crippen LogP contribution in [0.2, 0.25) is 0 Å². The maximum Gasteiger partial charge on any atom is 0.193 e. The fourth-order valence-electron chi connectivity index (χ4n) is 2.66. The van der Waals surface area contributed by atoms with Crippen LogP contribution in [0.4, 0.5) is 5.69 Å². The van der Waals surface area contributed by atoms with Gasteiger partial charge in [0.2, 0.25) is 0 Å². The summed E-state index contributed by atoms with van der Waals surface area (Å²) in [7, 11) is 0. The van der Waals surface area contributed by atoms with Crippen LogP contribution < -0.4 is 11.1 Å². The molecule has 0 amide bonds. The Kier molecular flexibility index (Phi) is 5.45. The molecule has 1 saturated carbocycles. The van der Waals surface area contributed by atoms with Gasteiger partial charge in [0.1, 0.15) is 0 Å². The predicted octanol–water partition coefficient (Wildman–Crippen LogP) is 4.20. The van der Waals surface area contributed by atoms with Gasteiger partial charge in [-0.3, -0.25) is 0 Å². The van der Waals surface area contributed by atoms with E-state index >= 15 is 0 Å². The summed E-state index contributed by atoms with van der Waals surface area (Å²) in [5.41, 5.74) is 11.0. The molecule has 0 aromatic heterocycles. The molecular formula is C18H22IN3. The van der Waals surface area contributed by atoms with Gasteiger partial charge in [0.05, 0.1) is 6.04 Å². The van der Waals surface area contributed by atoms with Crippen molar-refractivity contribution >= 4 is 35.6 Å². The Morgan fingerprint density at radius 3 is 2.45 bits per heavy atom. The first-order chi connectivity index (χ1) is 10.1. The molecule has 1 aliphatic carbocycles. The lowest BCUT2D eigenvalue weighted by Crippen LogP contribution is -2.23. The van der Waals surface area contributed by atoms with E-state index < -0.39 is 0 Å². The molecule has 2 aromatic carbocycles. The number of nitrogens with zero attached hydrogens (tertiary/aromatic N) is 1. The van der Waals surface area contributed by atoms with E-state index in [-0.39, 0.29) is 24.0 Å². The molecule has 0 saturated heterocycles. The highest BCUT2D eigenvalue weighted by Gasteiger charge is 2.39. The van der Waals surface area contributed by atoms with Crippen LogP contribution >= 0.6 is 24.0 Å². The monoisotopic (exact) mass is 407 g/mol. The first kappa shape index (κ1) is 16.8. The quantitative estimate of drug-likeness (QED) is 0.455. The Labute approximate surface area is 149 Å². The number of guanidine groups is 1. The van der Waals surface area contributed by atoms with Gasteiger partial charge in [-0.25, -0.2) is 4.99 Å². The number of rotatable bonds is 3. The van der Waals surface area contributed by atoms with Gasteiger partial charge in [0.25, 0.3) is 0 Å². The molecule has 0 spiro atoms. The maximum absolute atomic E-state index is 6.00. The van der Waals surface area contributed by atoms with Crippen molar-refractivity contribution in [2.75, 3.05) is 5.32 Å². The van der Waals surface area contributed by atoms with Crippen molar-refractivity contribution in [3.8, 4) is 0 Å². The molecule has 2 atom stereocenters. The van der Waals surface area contributed by atoms with Crippen molar-refractivity contribution in [2.24, 2.45) is 10.7 Å². The summed E-state index contributed by atoms with van der Waals surface area (Å²) in [6.45, 7) is 4.22. The number of nitrogens with one attached hydrogen (secondary N) is 1. The Balaban J connectivity index is 0.00000176. The lowest BCUT2D eigenvalue weighted by atomic mass is 10.0. The maximum atomic E-state index is 6.00. The summed E-state index contributed by atoms with van der Waals surface area (Å²) >= 11 is 0. The fraction of sp³-hybridized carbons (Fsp3) is 0.278. The summed E-state index contributed by atoms with van der Waals surface area (Å²) in [5.74, 6) is 1.02. The molecule has 1 fully saturated rings. The second kappa shape index (κ2) is 7.13. The van der Waals surface area contributed by atoms with E-state index in [2.05, 4.69) is 60.6 Å². The molecule has 116 valence electrons. The molecule has 0 bridgehead atoms. The summed E-state index contributed by atoms with van der Waals surface area (Å²) in [6, 6.07) is 17.0. The van der Waals surface area contributed by atoms with E-state index in [4.69, 9.17) is 5.73 Å². The van der Waals surface area contributed by atoms with Crippen molar-refractivity contribution < 1.29 is 0 Å². The zero-order valence-electron chi connectivity index (χ0n) is 12.9. The second-order valence-electron chi connectivity index (χ2n) is 5.77. The van der Waals surface area contributed by atoms with Crippen LogP contribution in [0.15, 0.2) is 53.5 Å². The van der Waals surface area contributed by atoms with Gasteiger partial charge in [0, 0.05) is 11.6 Å². The molecule has 3 nitrogen and oxygen atoms in total. The van der Waals surface area contributed by atoms with E-state index in [1.807, 2.05) is 12.1 Å². The van der Waals surface area contributed by atoms with Crippen molar-refractivity contribution in [1.82, 2.24) is 0 Å². The smallest absolute Gasteiger partial charge is 0.193 e. The zero-order valence-corrected chi connectivity index (χ0v) is 15.2. The summed E-state index contributed by atoms with van der Waals surface area (Å²) < 4.78 is 0. The standard InChI is InChI=1S/C18H21N3.HI/c1-12-7-9-14(10-8-12)20-18(19)21-17-11-16(17)15-6-4-3-5-13(15)2;/h3-10,16-17H,11H2,1-2H3,(H3,19,20,21);1H. The Bertz CT molecular complexity index is 664. The van der Waals surface area contributed by atoms with Gasteiger partial charge >= 0.3 is 0 Å². The largest absolute Gasteiger partial charge is 0.370 e. The molecule has 3 N–H and O–H groups in total. The van der Waals surface area contributed by atoms with Crippen LogP contribution in [0.5, 0.6) is 0 Å².